The predicted octanol–water partition coefficient (Wildman–Crippen LogP) is 4.91. The van der Waals surface area contributed by atoms with Crippen LogP contribution in [0.4, 0.5) is 0 Å². The van der Waals surface area contributed by atoms with Crippen molar-refractivity contribution in [2.75, 3.05) is 6.54 Å². The number of amides is 1. The Hall–Kier alpha value is -3.20. The maximum atomic E-state index is 12.2. The normalized spacial score (nSPS) is 11.9. The van der Waals surface area contributed by atoms with Gasteiger partial charge in [-0.2, -0.15) is 0 Å². The fourth-order valence-electron chi connectivity index (χ4n) is 3.42. The van der Waals surface area contributed by atoms with Crippen molar-refractivity contribution in [2.45, 2.75) is 24.3 Å². The van der Waals surface area contributed by atoms with Gasteiger partial charge in [-0.1, -0.05) is 36.4 Å². The first-order valence-electron chi connectivity index (χ1n) is 10.6. The molecule has 6 nitrogen and oxygen atoms in total. The zero-order valence-electron chi connectivity index (χ0n) is 18.2. The second-order valence-electron chi connectivity index (χ2n) is 7.50. The molecule has 1 atom stereocenters. The molecule has 5 N–H and O–H groups in total. The summed E-state index contributed by atoms with van der Waals surface area (Å²) in [5, 5.41) is 11.6. The van der Waals surface area contributed by atoms with Crippen LogP contribution >= 0.6 is 23.3 Å². The number of para-hydroxylation sites is 1. The van der Waals surface area contributed by atoms with Gasteiger partial charge in [-0.3, -0.25) is 10.2 Å². The fourth-order valence-corrected chi connectivity index (χ4v) is 5.32. The Bertz CT molecular complexity index is 1250. The lowest BCUT2D eigenvalue weighted by Gasteiger charge is -2.17. The third-order valence-electron chi connectivity index (χ3n) is 5.04. The number of amidine groups is 1. The van der Waals surface area contributed by atoms with E-state index in [2.05, 4.69) is 16.1 Å². The van der Waals surface area contributed by atoms with Crippen LogP contribution in [0.2, 0.25) is 0 Å². The lowest BCUT2D eigenvalue weighted by Crippen LogP contribution is -2.22. The Labute approximate surface area is 201 Å². The molecule has 0 saturated carbocycles. The van der Waals surface area contributed by atoms with Crippen molar-refractivity contribution in [3.05, 3.63) is 94.5 Å². The van der Waals surface area contributed by atoms with Gasteiger partial charge in [-0.05, 0) is 67.3 Å². The lowest BCUT2D eigenvalue weighted by molar-refractivity contribution is 0.0955. The Morgan fingerprint density at radius 3 is 2.67 bits per heavy atom. The summed E-state index contributed by atoms with van der Waals surface area (Å²) < 4.78 is 4.70. The van der Waals surface area contributed by atoms with Crippen LogP contribution in [0.3, 0.4) is 0 Å². The molecule has 0 spiro atoms. The molecule has 0 saturated heterocycles. The number of benzene rings is 3. The van der Waals surface area contributed by atoms with E-state index in [4.69, 9.17) is 16.1 Å². The van der Waals surface area contributed by atoms with Crippen molar-refractivity contribution in [3.63, 3.8) is 0 Å². The number of nitrogens with two attached hydrogens (primary N) is 1. The zero-order chi connectivity index (χ0) is 23.2. The molecule has 0 bridgehead atoms. The van der Waals surface area contributed by atoms with Crippen LogP contribution in [0.1, 0.15) is 39.5 Å². The first kappa shape index (κ1) is 23.0. The number of hydrogen-bond donors (Lipinski definition) is 4. The number of carbonyl (C=O) groups excluding carboxylic acids is 1. The molecule has 4 rings (SSSR count). The molecule has 168 valence electrons. The van der Waals surface area contributed by atoms with E-state index in [9.17, 15) is 4.79 Å². The van der Waals surface area contributed by atoms with E-state index in [1.807, 2.05) is 73.7 Å². The second kappa shape index (κ2) is 10.6. The summed E-state index contributed by atoms with van der Waals surface area (Å²) in [5.41, 5.74) is 9.07. The highest BCUT2D eigenvalue weighted by molar-refractivity contribution is 7.97. The molecule has 1 heterocycles. The predicted molar refractivity (Wildman–Crippen MR) is 137 cm³/mol. The number of carbonyl (C=O) groups is 1. The fraction of sp³-hybridized carbons (Fsp3) is 0.160. The van der Waals surface area contributed by atoms with Crippen LogP contribution in [0, 0.1) is 5.41 Å². The van der Waals surface area contributed by atoms with E-state index in [0.717, 1.165) is 25.7 Å². The third-order valence-corrected chi connectivity index (χ3v) is 7.08. The van der Waals surface area contributed by atoms with Gasteiger partial charge < -0.3 is 11.1 Å². The summed E-state index contributed by atoms with van der Waals surface area (Å²) in [7, 11) is 0. The van der Waals surface area contributed by atoms with E-state index in [1.54, 1.807) is 11.3 Å². The lowest BCUT2D eigenvalue weighted by atomic mass is 10.0. The van der Waals surface area contributed by atoms with Gasteiger partial charge in [-0.25, -0.2) is 9.71 Å². The zero-order valence-corrected chi connectivity index (χ0v) is 19.8. The number of nitrogen functional groups attached to an aromatic ring is 1. The van der Waals surface area contributed by atoms with Gasteiger partial charge in [0, 0.05) is 22.6 Å². The minimum atomic E-state index is -0.0799. The van der Waals surface area contributed by atoms with E-state index < -0.39 is 0 Å². The molecule has 0 fully saturated rings. The van der Waals surface area contributed by atoms with E-state index in [-0.39, 0.29) is 17.8 Å². The van der Waals surface area contributed by atoms with Gasteiger partial charge in [0.25, 0.3) is 5.91 Å². The molecule has 8 heteroatoms. The number of hydrogen-bond acceptors (Lipinski definition) is 6. The molecule has 3 aromatic carbocycles. The first-order chi connectivity index (χ1) is 16.0. The molecule has 4 aromatic rings. The van der Waals surface area contributed by atoms with Crippen LogP contribution in [0.15, 0.2) is 77.7 Å². The second-order valence-corrected chi connectivity index (χ2v) is 9.47. The summed E-state index contributed by atoms with van der Waals surface area (Å²) in [5.74, 6) is -0.0263. The number of aromatic nitrogens is 1. The Balaban J connectivity index is 1.59. The number of nitrogens with one attached hydrogen (secondary N) is 3. The van der Waals surface area contributed by atoms with Crippen LogP contribution in [-0.4, -0.2) is 23.3 Å². The highest BCUT2D eigenvalue weighted by atomic mass is 32.2. The van der Waals surface area contributed by atoms with Gasteiger partial charge in [-0.15, -0.1) is 11.3 Å². The average Bonchev–Trinajstić information content (AvgIpc) is 3.26. The van der Waals surface area contributed by atoms with Crippen LogP contribution in [0.5, 0.6) is 0 Å². The summed E-state index contributed by atoms with van der Waals surface area (Å²) in [6.45, 7) is 2.50. The average molecular weight is 476 g/mol. The highest BCUT2D eigenvalue weighted by Gasteiger charge is 2.18. The molecular formula is C25H25N5OS2. The topological polar surface area (TPSA) is 104 Å². The summed E-state index contributed by atoms with van der Waals surface area (Å²) in [6.07, 6.45) is 0.684. The maximum absolute atomic E-state index is 12.2. The summed E-state index contributed by atoms with van der Waals surface area (Å²) in [4.78, 5) is 18.0. The molecule has 0 aliphatic rings. The Kier molecular flexibility index (Phi) is 7.39. The van der Waals surface area contributed by atoms with Crippen molar-refractivity contribution in [2.24, 2.45) is 5.73 Å². The number of nitrogens with zero attached hydrogens (tertiary/aromatic N) is 1. The van der Waals surface area contributed by atoms with Crippen molar-refractivity contribution in [3.8, 4) is 0 Å². The summed E-state index contributed by atoms with van der Waals surface area (Å²) >= 11 is 3.15. The molecule has 1 aromatic heterocycles. The van der Waals surface area contributed by atoms with Gasteiger partial charge in [0.2, 0.25) is 0 Å². The highest BCUT2D eigenvalue weighted by Crippen LogP contribution is 2.31. The third kappa shape index (κ3) is 5.78. The van der Waals surface area contributed by atoms with Gasteiger partial charge in [0.05, 0.1) is 16.3 Å². The summed E-state index contributed by atoms with van der Waals surface area (Å²) in [6, 6.07) is 23.3. The molecule has 33 heavy (non-hydrogen) atoms. The first-order valence-corrected chi connectivity index (χ1v) is 12.3. The van der Waals surface area contributed by atoms with Crippen LogP contribution in [0.25, 0.3) is 10.2 Å². The van der Waals surface area contributed by atoms with Gasteiger partial charge in [0.15, 0.2) is 0 Å². The monoisotopic (exact) mass is 475 g/mol. The molecule has 1 unspecified atom stereocenters. The van der Waals surface area contributed by atoms with Gasteiger partial charge in [0.1, 0.15) is 10.8 Å². The molecule has 0 radical (unpaired) electrons. The van der Waals surface area contributed by atoms with Crippen LogP contribution in [-0.2, 0) is 6.42 Å². The minimum absolute atomic E-state index is 0.0536. The number of fused-ring (bicyclic) bond motifs is 1. The largest absolute Gasteiger partial charge is 0.384 e. The smallest absolute Gasteiger partial charge is 0.251 e. The maximum Gasteiger partial charge on any atom is 0.251 e. The molecule has 0 aliphatic carbocycles. The van der Waals surface area contributed by atoms with E-state index >= 15 is 0 Å². The molecular weight excluding hydrogens is 450 g/mol. The minimum Gasteiger partial charge on any atom is -0.384 e. The number of rotatable bonds is 9. The standard InChI is InChI=1S/C25H25N5OS2/c1-2-28-24(31)18-9-6-10-19(15-18)33-30-21(14-16-7-5-8-17(13-16)23(26)27)25-29-20-11-3-4-12-22(20)32-25/h3-13,15,21,30H,2,14H2,1H3,(H3,26,27)(H,28,31). The van der Waals surface area contributed by atoms with E-state index in [0.29, 0.717) is 24.1 Å². The molecule has 1 amide bonds. The Morgan fingerprint density at radius 1 is 1.09 bits per heavy atom. The Morgan fingerprint density at radius 2 is 1.88 bits per heavy atom. The van der Waals surface area contributed by atoms with Gasteiger partial charge >= 0.3 is 0 Å². The van der Waals surface area contributed by atoms with Crippen LogP contribution < -0.4 is 15.8 Å². The number of thiazole rings is 1. The van der Waals surface area contributed by atoms with Crippen molar-refractivity contribution in [1.82, 2.24) is 15.0 Å². The SMILES string of the molecule is CCNC(=O)c1cccc(SNC(Cc2cccc(C(=N)N)c2)c2nc3ccccc3s2)c1. The molecule has 0 aliphatic heterocycles. The van der Waals surface area contributed by atoms with Crippen molar-refractivity contribution >= 4 is 45.2 Å². The van der Waals surface area contributed by atoms with Crippen molar-refractivity contribution in [1.29, 1.82) is 5.41 Å². The van der Waals surface area contributed by atoms with E-state index in [1.165, 1.54) is 11.9 Å². The quantitative estimate of drug-likeness (QED) is 0.156. The van der Waals surface area contributed by atoms with Crippen molar-refractivity contribution < 1.29 is 4.79 Å².